The van der Waals surface area contributed by atoms with Crippen LogP contribution in [-0.2, 0) is 4.74 Å². The zero-order valence-electron chi connectivity index (χ0n) is 10.4. The van der Waals surface area contributed by atoms with E-state index < -0.39 is 0 Å². The van der Waals surface area contributed by atoms with Gasteiger partial charge in [-0.1, -0.05) is 0 Å². The molecule has 3 unspecified atom stereocenters. The van der Waals surface area contributed by atoms with Crippen molar-refractivity contribution in [3.8, 4) is 0 Å². The summed E-state index contributed by atoms with van der Waals surface area (Å²) in [6.07, 6.45) is 2.88. The predicted molar refractivity (Wildman–Crippen MR) is 70.2 cm³/mol. The average molecular weight is 244 g/mol. The minimum absolute atomic E-state index is 0.415. The van der Waals surface area contributed by atoms with Gasteiger partial charge >= 0.3 is 0 Å². The van der Waals surface area contributed by atoms with Crippen molar-refractivity contribution in [2.75, 3.05) is 38.2 Å². The van der Waals surface area contributed by atoms with E-state index in [2.05, 4.69) is 35.9 Å². The van der Waals surface area contributed by atoms with E-state index in [1.54, 1.807) is 0 Å². The Kier molecular flexibility index (Phi) is 4.95. The summed E-state index contributed by atoms with van der Waals surface area (Å²) >= 11 is 2.08. The molecule has 94 valence electrons. The highest BCUT2D eigenvalue weighted by Gasteiger charge is 2.27. The molecule has 0 bridgehead atoms. The van der Waals surface area contributed by atoms with Crippen LogP contribution in [0.1, 0.15) is 19.8 Å². The topological polar surface area (TPSA) is 24.5 Å². The van der Waals surface area contributed by atoms with Gasteiger partial charge in [-0.15, -0.1) is 0 Å². The molecule has 16 heavy (non-hydrogen) atoms. The number of nitrogens with zero attached hydrogens (tertiary/aromatic N) is 1. The van der Waals surface area contributed by atoms with Gasteiger partial charge in [0.1, 0.15) is 0 Å². The van der Waals surface area contributed by atoms with Crippen molar-refractivity contribution in [1.82, 2.24) is 10.2 Å². The molecule has 0 amide bonds. The monoisotopic (exact) mass is 244 g/mol. The zero-order chi connectivity index (χ0) is 11.4. The smallest absolute Gasteiger partial charge is 0.0702 e. The summed E-state index contributed by atoms with van der Waals surface area (Å²) in [6.45, 7) is 5.51. The zero-order valence-corrected chi connectivity index (χ0v) is 11.3. The minimum Gasteiger partial charge on any atom is -0.377 e. The van der Waals surface area contributed by atoms with Crippen LogP contribution >= 0.6 is 11.8 Å². The number of ether oxygens (including phenoxy) is 1. The number of thioether (sulfide) groups is 1. The van der Waals surface area contributed by atoms with Gasteiger partial charge in [0.05, 0.1) is 6.10 Å². The molecule has 0 aromatic rings. The molecular formula is C12H24N2OS. The molecule has 1 N–H and O–H groups in total. The highest BCUT2D eigenvalue weighted by molar-refractivity contribution is 7.99. The van der Waals surface area contributed by atoms with Gasteiger partial charge in [0.2, 0.25) is 0 Å². The van der Waals surface area contributed by atoms with E-state index in [4.69, 9.17) is 4.74 Å². The molecule has 0 aliphatic carbocycles. The Morgan fingerprint density at radius 1 is 1.50 bits per heavy atom. The van der Waals surface area contributed by atoms with Crippen LogP contribution in [0.4, 0.5) is 0 Å². The lowest BCUT2D eigenvalue weighted by Gasteiger charge is -2.29. The third-order valence-corrected chi connectivity index (χ3v) is 4.86. The Labute approximate surface area is 103 Å². The number of hydrogen-bond acceptors (Lipinski definition) is 4. The maximum absolute atomic E-state index is 5.62. The van der Waals surface area contributed by atoms with Gasteiger partial charge in [0.25, 0.3) is 0 Å². The largest absolute Gasteiger partial charge is 0.377 e. The SMILES string of the molecule is CC1OCCC1N(C)CCC1CSCCN1. The van der Waals surface area contributed by atoms with Crippen molar-refractivity contribution in [3.05, 3.63) is 0 Å². The first-order valence-corrected chi connectivity index (χ1v) is 7.56. The van der Waals surface area contributed by atoms with E-state index in [-0.39, 0.29) is 0 Å². The first-order valence-electron chi connectivity index (χ1n) is 6.40. The van der Waals surface area contributed by atoms with Gasteiger partial charge in [0, 0.05) is 36.7 Å². The molecular weight excluding hydrogens is 220 g/mol. The summed E-state index contributed by atoms with van der Waals surface area (Å²) in [5, 5.41) is 3.60. The van der Waals surface area contributed by atoms with Crippen LogP contribution in [0, 0.1) is 0 Å². The fourth-order valence-corrected chi connectivity index (χ4v) is 3.63. The number of likely N-dealkylation sites (N-methyl/N-ethyl adjacent to an activating group) is 1. The van der Waals surface area contributed by atoms with Crippen LogP contribution in [0.5, 0.6) is 0 Å². The van der Waals surface area contributed by atoms with Crippen LogP contribution in [0.15, 0.2) is 0 Å². The molecule has 2 rings (SSSR count). The Bertz CT molecular complexity index is 209. The maximum Gasteiger partial charge on any atom is 0.0702 e. The summed E-state index contributed by atoms with van der Waals surface area (Å²) in [5.41, 5.74) is 0. The van der Waals surface area contributed by atoms with Crippen LogP contribution < -0.4 is 5.32 Å². The lowest BCUT2D eigenvalue weighted by Crippen LogP contribution is -2.43. The van der Waals surface area contributed by atoms with Crippen LogP contribution in [0.25, 0.3) is 0 Å². The maximum atomic E-state index is 5.62. The van der Waals surface area contributed by atoms with E-state index in [0.717, 1.165) is 12.6 Å². The number of nitrogens with one attached hydrogen (secondary N) is 1. The molecule has 3 atom stereocenters. The number of hydrogen-bond donors (Lipinski definition) is 1. The lowest BCUT2D eigenvalue weighted by molar-refractivity contribution is 0.0825. The summed E-state index contributed by atoms with van der Waals surface area (Å²) in [6, 6.07) is 1.36. The van der Waals surface area contributed by atoms with Crippen molar-refractivity contribution in [2.45, 2.75) is 38.0 Å². The fourth-order valence-electron chi connectivity index (χ4n) is 2.63. The van der Waals surface area contributed by atoms with Crippen molar-refractivity contribution >= 4 is 11.8 Å². The second-order valence-corrected chi connectivity index (χ2v) is 6.08. The molecule has 0 aromatic heterocycles. The van der Waals surface area contributed by atoms with Gasteiger partial charge < -0.3 is 15.0 Å². The standard InChI is InChI=1S/C12H24N2OS/c1-10-12(4-7-15-10)14(2)6-3-11-9-16-8-5-13-11/h10-13H,3-9H2,1-2H3. The Hall–Kier alpha value is 0.230. The van der Waals surface area contributed by atoms with Crippen LogP contribution in [-0.4, -0.2) is 61.3 Å². The third kappa shape index (κ3) is 3.36. The highest BCUT2D eigenvalue weighted by Crippen LogP contribution is 2.19. The second-order valence-electron chi connectivity index (χ2n) is 4.93. The quantitative estimate of drug-likeness (QED) is 0.803. The summed E-state index contributed by atoms with van der Waals surface area (Å²) < 4.78 is 5.62. The van der Waals surface area contributed by atoms with Crippen molar-refractivity contribution in [3.63, 3.8) is 0 Å². The van der Waals surface area contributed by atoms with E-state index in [9.17, 15) is 0 Å². The summed E-state index contributed by atoms with van der Waals surface area (Å²) in [4.78, 5) is 2.48. The Balaban J connectivity index is 1.68. The molecule has 2 fully saturated rings. The molecule has 0 aromatic carbocycles. The van der Waals surface area contributed by atoms with E-state index in [0.29, 0.717) is 12.1 Å². The molecule has 4 heteroatoms. The molecule has 2 aliphatic heterocycles. The van der Waals surface area contributed by atoms with E-state index in [1.165, 1.54) is 37.4 Å². The molecule has 0 saturated carbocycles. The van der Waals surface area contributed by atoms with E-state index >= 15 is 0 Å². The fraction of sp³-hybridized carbons (Fsp3) is 1.00. The molecule has 2 heterocycles. The predicted octanol–water partition coefficient (Wildman–Crippen LogP) is 1.19. The lowest BCUT2D eigenvalue weighted by atomic mass is 10.1. The summed E-state index contributed by atoms with van der Waals surface area (Å²) in [7, 11) is 2.24. The van der Waals surface area contributed by atoms with Crippen molar-refractivity contribution in [2.24, 2.45) is 0 Å². The van der Waals surface area contributed by atoms with E-state index in [1.807, 2.05) is 0 Å². The number of rotatable bonds is 4. The third-order valence-electron chi connectivity index (χ3n) is 3.73. The first-order chi connectivity index (χ1) is 7.77. The molecule has 2 aliphatic rings. The van der Waals surface area contributed by atoms with Crippen LogP contribution in [0.3, 0.4) is 0 Å². The highest BCUT2D eigenvalue weighted by atomic mass is 32.2. The second kappa shape index (κ2) is 6.24. The normalized spacial score (nSPS) is 35.8. The Morgan fingerprint density at radius 3 is 3.00 bits per heavy atom. The summed E-state index contributed by atoms with van der Waals surface area (Å²) in [5.74, 6) is 2.56. The minimum atomic E-state index is 0.415. The van der Waals surface area contributed by atoms with Gasteiger partial charge in [-0.05, 0) is 33.4 Å². The van der Waals surface area contributed by atoms with Gasteiger partial charge in [-0.2, -0.15) is 11.8 Å². The van der Waals surface area contributed by atoms with Crippen molar-refractivity contribution in [1.29, 1.82) is 0 Å². The van der Waals surface area contributed by atoms with Crippen LogP contribution in [0.2, 0.25) is 0 Å². The first kappa shape index (κ1) is 12.7. The van der Waals surface area contributed by atoms with Gasteiger partial charge in [-0.25, -0.2) is 0 Å². The van der Waals surface area contributed by atoms with Gasteiger partial charge in [-0.3, -0.25) is 0 Å². The molecule has 3 nitrogen and oxygen atoms in total. The van der Waals surface area contributed by atoms with Crippen molar-refractivity contribution < 1.29 is 4.74 Å². The average Bonchev–Trinajstić information content (AvgIpc) is 2.74. The Morgan fingerprint density at radius 2 is 2.38 bits per heavy atom. The molecule has 2 saturated heterocycles. The molecule has 0 radical (unpaired) electrons. The van der Waals surface area contributed by atoms with Gasteiger partial charge in [0.15, 0.2) is 0 Å². The molecule has 0 spiro atoms.